The van der Waals surface area contributed by atoms with Gasteiger partial charge in [-0.1, -0.05) is 18.2 Å². The molecule has 0 radical (unpaired) electrons. The lowest BCUT2D eigenvalue weighted by atomic mass is 10.2. The topological polar surface area (TPSA) is 67.8 Å². The summed E-state index contributed by atoms with van der Waals surface area (Å²) in [7, 11) is 1.63. The third-order valence-corrected chi connectivity index (χ3v) is 3.78. The molecule has 0 unspecified atom stereocenters. The molecule has 2 aromatic rings. The molecule has 0 saturated carbocycles. The summed E-state index contributed by atoms with van der Waals surface area (Å²) < 4.78 is 35.6. The van der Waals surface area contributed by atoms with Crippen LogP contribution in [0.3, 0.4) is 0 Å². The Morgan fingerprint density at radius 3 is 2.57 bits per heavy atom. The van der Waals surface area contributed by atoms with Gasteiger partial charge in [-0.15, -0.1) is 24.0 Å². The van der Waals surface area contributed by atoms with Crippen molar-refractivity contribution in [2.45, 2.75) is 33.5 Å². The minimum atomic E-state index is -2.94. The number of ether oxygens (including phenoxy) is 2. The first kappa shape index (κ1) is 23.9. The Labute approximate surface area is 180 Å². The van der Waals surface area contributed by atoms with E-state index in [1.165, 1.54) is 0 Å². The average Bonchev–Trinajstić information content (AvgIpc) is 2.65. The third kappa shape index (κ3) is 7.10. The first-order valence-corrected chi connectivity index (χ1v) is 8.59. The second-order valence-electron chi connectivity index (χ2n) is 5.60. The minimum Gasteiger partial charge on any atom is -0.490 e. The third-order valence-electron chi connectivity index (χ3n) is 3.78. The normalized spacial score (nSPS) is 11.0. The van der Waals surface area contributed by atoms with Gasteiger partial charge in [-0.3, -0.25) is 9.98 Å². The molecule has 6 nitrogen and oxygen atoms in total. The minimum absolute atomic E-state index is 0. The van der Waals surface area contributed by atoms with E-state index in [1.54, 1.807) is 38.4 Å². The smallest absolute Gasteiger partial charge is 0.387 e. The highest BCUT2D eigenvalue weighted by atomic mass is 127. The van der Waals surface area contributed by atoms with E-state index in [4.69, 9.17) is 4.74 Å². The fourth-order valence-electron chi connectivity index (χ4n) is 2.46. The highest BCUT2D eigenvalue weighted by molar-refractivity contribution is 14.0. The molecule has 0 bridgehead atoms. The molecule has 0 saturated heterocycles. The standard InChI is InChI=1S/C19H24F2N4O2.HI/c1-4-26-16-9-5-8-14(17(16)27-18(20)21)11-24-19(22-3)25-12-15-13(2)7-6-10-23-15;/h5-10,18H,4,11-12H2,1-3H3,(H2,22,24,25);1H. The van der Waals surface area contributed by atoms with Crippen molar-refractivity contribution in [1.29, 1.82) is 0 Å². The molecule has 1 heterocycles. The quantitative estimate of drug-likeness (QED) is 0.323. The molecule has 1 aromatic heterocycles. The first-order valence-electron chi connectivity index (χ1n) is 8.59. The van der Waals surface area contributed by atoms with E-state index in [1.807, 2.05) is 19.1 Å². The summed E-state index contributed by atoms with van der Waals surface area (Å²) in [5.41, 5.74) is 2.51. The van der Waals surface area contributed by atoms with Crippen LogP contribution in [0.4, 0.5) is 8.78 Å². The van der Waals surface area contributed by atoms with Crippen molar-refractivity contribution in [3.8, 4) is 11.5 Å². The Kier molecular flexibility index (Phi) is 10.5. The predicted octanol–water partition coefficient (Wildman–Crippen LogP) is 3.87. The summed E-state index contributed by atoms with van der Waals surface area (Å²) in [6.45, 7) is 1.91. The van der Waals surface area contributed by atoms with Crippen molar-refractivity contribution in [2.24, 2.45) is 4.99 Å². The number of rotatable bonds is 8. The van der Waals surface area contributed by atoms with E-state index in [9.17, 15) is 8.78 Å². The number of halogens is 3. The van der Waals surface area contributed by atoms with Crippen LogP contribution in [0, 0.1) is 6.92 Å². The van der Waals surface area contributed by atoms with Crippen LogP contribution in [0.25, 0.3) is 0 Å². The van der Waals surface area contributed by atoms with E-state index in [0.717, 1.165) is 11.3 Å². The number of aromatic nitrogens is 1. The van der Waals surface area contributed by atoms with Crippen LogP contribution >= 0.6 is 24.0 Å². The summed E-state index contributed by atoms with van der Waals surface area (Å²) in [6.07, 6.45) is 1.73. The van der Waals surface area contributed by atoms with Crippen LogP contribution in [0.5, 0.6) is 11.5 Å². The second-order valence-corrected chi connectivity index (χ2v) is 5.60. The number of hydrogen-bond acceptors (Lipinski definition) is 4. The van der Waals surface area contributed by atoms with E-state index >= 15 is 0 Å². The number of aliphatic imine (C=N–C) groups is 1. The van der Waals surface area contributed by atoms with Gasteiger partial charge in [0, 0.05) is 25.4 Å². The molecule has 1 aromatic carbocycles. The molecule has 0 fully saturated rings. The molecule has 0 spiro atoms. The summed E-state index contributed by atoms with van der Waals surface area (Å²) in [6, 6.07) is 8.88. The molecule has 2 rings (SSSR count). The zero-order valence-electron chi connectivity index (χ0n) is 16.0. The van der Waals surface area contributed by atoms with Crippen LogP contribution in [0.15, 0.2) is 41.5 Å². The van der Waals surface area contributed by atoms with Crippen LogP contribution in [0.2, 0.25) is 0 Å². The van der Waals surface area contributed by atoms with E-state index in [-0.39, 0.29) is 42.0 Å². The molecule has 0 amide bonds. The second kappa shape index (κ2) is 12.3. The number of nitrogens with one attached hydrogen (secondary N) is 2. The van der Waals surface area contributed by atoms with Crippen LogP contribution in [-0.2, 0) is 13.1 Å². The molecule has 0 aliphatic carbocycles. The molecule has 28 heavy (non-hydrogen) atoms. The Balaban J connectivity index is 0.00000392. The van der Waals surface area contributed by atoms with Gasteiger partial charge in [-0.25, -0.2) is 0 Å². The SMILES string of the molecule is CCOc1cccc(CNC(=NC)NCc2ncccc2C)c1OC(F)F.I. The zero-order valence-corrected chi connectivity index (χ0v) is 18.4. The highest BCUT2D eigenvalue weighted by Gasteiger charge is 2.16. The van der Waals surface area contributed by atoms with Gasteiger partial charge in [0.2, 0.25) is 0 Å². The van der Waals surface area contributed by atoms with Crippen molar-refractivity contribution >= 4 is 29.9 Å². The van der Waals surface area contributed by atoms with Gasteiger partial charge in [0.25, 0.3) is 0 Å². The zero-order chi connectivity index (χ0) is 19.6. The average molecular weight is 506 g/mol. The molecule has 0 aliphatic rings. The summed E-state index contributed by atoms with van der Waals surface area (Å²) >= 11 is 0. The van der Waals surface area contributed by atoms with Gasteiger partial charge in [-0.05, 0) is 31.5 Å². The fourth-order valence-corrected chi connectivity index (χ4v) is 2.46. The maximum atomic E-state index is 12.8. The Hall–Kier alpha value is -2.17. The van der Waals surface area contributed by atoms with Gasteiger partial charge in [0.05, 0.1) is 18.8 Å². The van der Waals surface area contributed by atoms with Crippen molar-refractivity contribution in [2.75, 3.05) is 13.7 Å². The first-order chi connectivity index (χ1) is 13.0. The lowest BCUT2D eigenvalue weighted by Gasteiger charge is -2.17. The molecular formula is C19H25F2IN4O2. The maximum Gasteiger partial charge on any atom is 0.387 e. The van der Waals surface area contributed by atoms with Crippen molar-refractivity contribution in [1.82, 2.24) is 15.6 Å². The number of pyridine rings is 1. The maximum absolute atomic E-state index is 12.8. The fraction of sp³-hybridized carbons (Fsp3) is 0.368. The monoisotopic (exact) mass is 506 g/mol. The lowest BCUT2D eigenvalue weighted by molar-refractivity contribution is -0.0520. The van der Waals surface area contributed by atoms with E-state index in [2.05, 4.69) is 25.3 Å². The molecule has 2 N–H and O–H groups in total. The lowest BCUT2D eigenvalue weighted by Crippen LogP contribution is -2.36. The van der Waals surface area contributed by atoms with Gasteiger partial charge in [-0.2, -0.15) is 8.78 Å². The Morgan fingerprint density at radius 2 is 1.93 bits per heavy atom. The largest absolute Gasteiger partial charge is 0.490 e. The number of benzene rings is 1. The number of para-hydroxylation sites is 1. The van der Waals surface area contributed by atoms with E-state index in [0.29, 0.717) is 24.7 Å². The Morgan fingerprint density at radius 1 is 1.18 bits per heavy atom. The number of hydrogen-bond donors (Lipinski definition) is 2. The highest BCUT2D eigenvalue weighted by Crippen LogP contribution is 2.32. The molecule has 0 aliphatic heterocycles. The molecule has 154 valence electrons. The number of nitrogens with zero attached hydrogens (tertiary/aromatic N) is 2. The molecule has 9 heteroatoms. The van der Waals surface area contributed by atoms with Crippen molar-refractivity contribution < 1.29 is 18.3 Å². The summed E-state index contributed by atoms with van der Waals surface area (Å²) in [5.74, 6) is 0.826. The summed E-state index contributed by atoms with van der Waals surface area (Å²) in [5, 5.41) is 6.24. The van der Waals surface area contributed by atoms with Crippen molar-refractivity contribution in [3.05, 3.63) is 53.3 Å². The van der Waals surface area contributed by atoms with Gasteiger partial charge in [0.1, 0.15) is 0 Å². The predicted molar refractivity (Wildman–Crippen MR) is 116 cm³/mol. The van der Waals surface area contributed by atoms with Gasteiger partial charge >= 0.3 is 6.61 Å². The van der Waals surface area contributed by atoms with Crippen molar-refractivity contribution in [3.63, 3.8) is 0 Å². The van der Waals surface area contributed by atoms with Crippen LogP contribution in [-0.4, -0.2) is 31.2 Å². The number of guanidine groups is 1. The van der Waals surface area contributed by atoms with E-state index < -0.39 is 6.61 Å². The molecule has 0 atom stereocenters. The van der Waals surface area contributed by atoms with Crippen LogP contribution in [0.1, 0.15) is 23.7 Å². The van der Waals surface area contributed by atoms with Gasteiger partial charge < -0.3 is 20.1 Å². The van der Waals surface area contributed by atoms with Gasteiger partial charge in [0.15, 0.2) is 17.5 Å². The Bertz CT molecular complexity index is 775. The number of aryl methyl sites for hydroxylation is 1. The molecular weight excluding hydrogens is 481 g/mol. The van der Waals surface area contributed by atoms with Crippen LogP contribution < -0.4 is 20.1 Å². The number of alkyl halides is 2. The summed E-state index contributed by atoms with van der Waals surface area (Å²) in [4.78, 5) is 8.46.